The van der Waals surface area contributed by atoms with Crippen LogP contribution in [-0.2, 0) is 4.74 Å². The van der Waals surface area contributed by atoms with Crippen LogP contribution in [0.4, 0.5) is 29.0 Å². The predicted octanol–water partition coefficient (Wildman–Crippen LogP) is 4.63. The van der Waals surface area contributed by atoms with E-state index >= 15 is 0 Å². The van der Waals surface area contributed by atoms with Crippen molar-refractivity contribution in [2.24, 2.45) is 0 Å². The zero-order chi connectivity index (χ0) is 22.2. The number of anilines is 5. The van der Waals surface area contributed by atoms with Crippen LogP contribution in [0.25, 0.3) is 5.65 Å². The standard InChI is InChI=1S/C25H27N7O/c1-17-12-19(18-2-3-18)14-21(13-17)28-25-29-22(16-24(30-25)32-8-10-33-11-9-32)27-20-4-6-31-7-5-26-23(31)15-20/h4-7,12-16,18H,2-3,8-11H2,1H3,(H2,27,28,29,30). The highest BCUT2D eigenvalue weighted by Gasteiger charge is 2.24. The normalized spacial score (nSPS) is 16.2. The van der Waals surface area contributed by atoms with Gasteiger partial charge in [-0.15, -0.1) is 0 Å². The van der Waals surface area contributed by atoms with E-state index in [1.807, 2.05) is 35.0 Å². The third kappa shape index (κ3) is 4.47. The SMILES string of the molecule is Cc1cc(Nc2nc(Nc3ccn4ccnc4c3)cc(N3CCOCC3)n2)cc(C2CC2)c1. The number of aryl methyl sites for hydroxylation is 1. The Bertz CT molecular complexity index is 1290. The molecule has 33 heavy (non-hydrogen) atoms. The van der Waals surface area contributed by atoms with Crippen molar-refractivity contribution in [2.75, 3.05) is 41.8 Å². The summed E-state index contributed by atoms with van der Waals surface area (Å²) in [4.78, 5) is 16.3. The average molecular weight is 442 g/mol. The molecule has 2 N–H and O–H groups in total. The van der Waals surface area contributed by atoms with E-state index in [-0.39, 0.29) is 0 Å². The molecule has 0 bridgehead atoms. The van der Waals surface area contributed by atoms with Crippen LogP contribution in [0, 0.1) is 6.92 Å². The maximum Gasteiger partial charge on any atom is 0.231 e. The van der Waals surface area contributed by atoms with Gasteiger partial charge in [0.25, 0.3) is 0 Å². The average Bonchev–Trinajstić information content (AvgIpc) is 3.57. The van der Waals surface area contributed by atoms with Crippen molar-refractivity contribution in [3.63, 3.8) is 0 Å². The van der Waals surface area contributed by atoms with Gasteiger partial charge in [-0.3, -0.25) is 0 Å². The van der Waals surface area contributed by atoms with Gasteiger partial charge in [0.05, 0.1) is 13.2 Å². The monoisotopic (exact) mass is 441 g/mol. The van der Waals surface area contributed by atoms with E-state index in [2.05, 4.69) is 45.6 Å². The minimum absolute atomic E-state index is 0.579. The lowest BCUT2D eigenvalue weighted by atomic mass is 10.1. The van der Waals surface area contributed by atoms with Gasteiger partial charge < -0.3 is 24.7 Å². The number of aromatic nitrogens is 4. The summed E-state index contributed by atoms with van der Waals surface area (Å²) >= 11 is 0. The van der Waals surface area contributed by atoms with E-state index in [4.69, 9.17) is 14.7 Å². The van der Waals surface area contributed by atoms with Crippen LogP contribution in [0.2, 0.25) is 0 Å². The van der Waals surface area contributed by atoms with Gasteiger partial charge >= 0.3 is 0 Å². The molecule has 2 fully saturated rings. The number of hydrogen-bond acceptors (Lipinski definition) is 7. The van der Waals surface area contributed by atoms with E-state index in [0.29, 0.717) is 25.1 Å². The Labute approximate surface area is 192 Å². The molecule has 8 heteroatoms. The number of nitrogens with zero attached hydrogens (tertiary/aromatic N) is 5. The first-order valence-electron chi connectivity index (χ1n) is 11.5. The number of nitrogens with one attached hydrogen (secondary N) is 2. The summed E-state index contributed by atoms with van der Waals surface area (Å²) in [5.41, 5.74) is 5.48. The van der Waals surface area contributed by atoms with E-state index < -0.39 is 0 Å². The summed E-state index contributed by atoms with van der Waals surface area (Å²) in [6.07, 6.45) is 8.27. The van der Waals surface area contributed by atoms with Crippen molar-refractivity contribution in [1.82, 2.24) is 19.4 Å². The topological polar surface area (TPSA) is 79.6 Å². The molecule has 4 aromatic rings. The molecule has 1 saturated heterocycles. The van der Waals surface area contributed by atoms with Gasteiger partial charge in [-0.05, 0) is 55.0 Å². The zero-order valence-electron chi connectivity index (χ0n) is 18.7. The molecule has 6 rings (SSSR count). The number of hydrogen-bond donors (Lipinski definition) is 2. The molecule has 4 heterocycles. The van der Waals surface area contributed by atoms with E-state index in [1.165, 1.54) is 24.0 Å². The zero-order valence-corrected chi connectivity index (χ0v) is 18.7. The van der Waals surface area contributed by atoms with Crippen LogP contribution in [0.15, 0.2) is 55.0 Å². The summed E-state index contributed by atoms with van der Waals surface area (Å²) in [6.45, 7) is 5.17. The van der Waals surface area contributed by atoms with E-state index in [0.717, 1.165) is 41.7 Å². The molecule has 1 aliphatic carbocycles. The molecule has 0 atom stereocenters. The fraction of sp³-hybridized carbons (Fsp3) is 0.320. The molecule has 1 aromatic carbocycles. The van der Waals surface area contributed by atoms with Gasteiger partial charge in [-0.25, -0.2) is 4.98 Å². The molecule has 3 aromatic heterocycles. The van der Waals surface area contributed by atoms with Crippen molar-refractivity contribution < 1.29 is 4.74 Å². The lowest BCUT2D eigenvalue weighted by Gasteiger charge is -2.28. The molecular weight excluding hydrogens is 414 g/mol. The van der Waals surface area contributed by atoms with Crippen LogP contribution in [-0.4, -0.2) is 45.7 Å². The van der Waals surface area contributed by atoms with Crippen molar-refractivity contribution >= 4 is 34.6 Å². The fourth-order valence-corrected chi connectivity index (χ4v) is 4.31. The Morgan fingerprint density at radius 1 is 0.939 bits per heavy atom. The molecule has 2 aliphatic rings. The van der Waals surface area contributed by atoms with Crippen LogP contribution >= 0.6 is 0 Å². The van der Waals surface area contributed by atoms with Crippen molar-refractivity contribution in [2.45, 2.75) is 25.7 Å². The molecule has 0 radical (unpaired) electrons. The smallest absolute Gasteiger partial charge is 0.231 e. The molecule has 0 spiro atoms. The molecule has 1 saturated carbocycles. The maximum absolute atomic E-state index is 5.54. The largest absolute Gasteiger partial charge is 0.378 e. The number of imidazole rings is 1. The number of fused-ring (bicyclic) bond motifs is 1. The maximum atomic E-state index is 5.54. The summed E-state index contributed by atoms with van der Waals surface area (Å²) in [6, 6.07) is 12.7. The van der Waals surface area contributed by atoms with E-state index in [1.54, 1.807) is 6.20 Å². The Kier molecular flexibility index (Phi) is 5.07. The third-order valence-corrected chi connectivity index (χ3v) is 6.12. The van der Waals surface area contributed by atoms with Crippen molar-refractivity contribution in [3.05, 3.63) is 66.1 Å². The van der Waals surface area contributed by atoms with Gasteiger partial charge in [0.1, 0.15) is 17.3 Å². The Morgan fingerprint density at radius 2 is 1.82 bits per heavy atom. The highest BCUT2D eigenvalue weighted by molar-refractivity contribution is 5.66. The molecule has 168 valence electrons. The summed E-state index contributed by atoms with van der Waals surface area (Å²) < 4.78 is 7.51. The van der Waals surface area contributed by atoms with Gasteiger partial charge in [-0.1, -0.05) is 6.07 Å². The van der Waals surface area contributed by atoms with Crippen molar-refractivity contribution in [1.29, 1.82) is 0 Å². The Hall–Kier alpha value is -3.65. The van der Waals surface area contributed by atoms with Gasteiger partial charge in [0, 0.05) is 55.2 Å². The second-order valence-corrected chi connectivity index (χ2v) is 8.80. The number of ether oxygens (including phenoxy) is 1. The van der Waals surface area contributed by atoms with Gasteiger partial charge in [-0.2, -0.15) is 9.97 Å². The number of pyridine rings is 1. The quantitative estimate of drug-likeness (QED) is 0.451. The first-order valence-corrected chi connectivity index (χ1v) is 11.5. The van der Waals surface area contributed by atoms with Crippen molar-refractivity contribution in [3.8, 4) is 0 Å². The molecule has 0 amide bonds. The predicted molar refractivity (Wildman–Crippen MR) is 130 cm³/mol. The minimum Gasteiger partial charge on any atom is -0.378 e. The van der Waals surface area contributed by atoms with Crippen LogP contribution in [0.5, 0.6) is 0 Å². The second kappa shape index (κ2) is 8.37. The third-order valence-electron chi connectivity index (χ3n) is 6.12. The Balaban J connectivity index is 1.33. The number of benzene rings is 1. The van der Waals surface area contributed by atoms with Gasteiger partial charge in [0.2, 0.25) is 5.95 Å². The number of morpholine rings is 1. The molecule has 0 unspecified atom stereocenters. The van der Waals surface area contributed by atoms with Crippen LogP contribution in [0.1, 0.15) is 29.9 Å². The summed E-state index contributed by atoms with van der Waals surface area (Å²) in [5.74, 6) is 2.90. The highest BCUT2D eigenvalue weighted by atomic mass is 16.5. The summed E-state index contributed by atoms with van der Waals surface area (Å²) in [7, 11) is 0. The highest BCUT2D eigenvalue weighted by Crippen LogP contribution is 2.41. The molecule has 1 aliphatic heterocycles. The summed E-state index contributed by atoms with van der Waals surface area (Å²) in [5, 5.41) is 6.90. The first kappa shape index (κ1) is 20.0. The minimum atomic E-state index is 0.579. The second-order valence-electron chi connectivity index (χ2n) is 8.80. The van der Waals surface area contributed by atoms with E-state index in [9.17, 15) is 0 Å². The molecular formula is C25H27N7O. The van der Waals surface area contributed by atoms with Gasteiger partial charge in [0.15, 0.2) is 0 Å². The number of rotatable bonds is 6. The fourth-order valence-electron chi connectivity index (χ4n) is 4.31. The Morgan fingerprint density at radius 3 is 2.67 bits per heavy atom. The molecule has 8 nitrogen and oxygen atoms in total. The van der Waals surface area contributed by atoms with Crippen LogP contribution < -0.4 is 15.5 Å². The lowest BCUT2D eigenvalue weighted by Crippen LogP contribution is -2.36. The lowest BCUT2D eigenvalue weighted by molar-refractivity contribution is 0.122. The van der Waals surface area contributed by atoms with Crippen LogP contribution in [0.3, 0.4) is 0 Å². The first-order chi connectivity index (χ1) is 16.2.